The fourth-order valence-corrected chi connectivity index (χ4v) is 0.664. The first-order valence-corrected chi connectivity index (χ1v) is 3.72. The third-order valence-corrected chi connectivity index (χ3v) is 0.992. The Morgan fingerprint density at radius 2 is 1.91 bits per heavy atom. The van der Waals surface area contributed by atoms with Crippen LogP contribution in [0.5, 0.6) is 0 Å². The summed E-state index contributed by atoms with van der Waals surface area (Å²) in [7, 11) is 0. The van der Waals surface area contributed by atoms with Crippen LogP contribution in [0.15, 0.2) is 0 Å². The fraction of sp³-hybridized carbons (Fsp3) is 0.600. The number of nitrogens with two attached hydrogens (primary N) is 2. The van der Waals surface area contributed by atoms with E-state index in [1.165, 1.54) is 0 Å². The van der Waals surface area contributed by atoms with Crippen molar-refractivity contribution in [2.75, 3.05) is 6.61 Å². The Bertz CT molecular complexity index is 163. The second-order valence-corrected chi connectivity index (χ2v) is 2.68. The molecule has 0 spiro atoms. The molecule has 0 aliphatic carbocycles. The van der Waals surface area contributed by atoms with Crippen molar-refractivity contribution >= 4 is 34.8 Å². The first kappa shape index (κ1) is 10.4. The highest BCUT2D eigenvalue weighted by Crippen LogP contribution is 1.91. The van der Waals surface area contributed by atoms with Crippen molar-refractivity contribution in [1.29, 1.82) is 0 Å². The predicted octanol–water partition coefficient (Wildman–Crippen LogP) is -0.105. The number of hydrogen-bond acceptors (Lipinski definition) is 4. The monoisotopic (exact) mass is 194 g/mol. The molecule has 0 aromatic heterocycles. The number of ether oxygens (including phenoxy) is 2. The fourth-order valence-electron chi connectivity index (χ4n) is 0.432. The number of thiocarbonyl (C=S) groups is 2. The van der Waals surface area contributed by atoms with Crippen molar-refractivity contribution < 1.29 is 9.47 Å². The Hall–Kier alpha value is -0.620. The van der Waals surface area contributed by atoms with Gasteiger partial charge in [-0.2, -0.15) is 0 Å². The van der Waals surface area contributed by atoms with Gasteiger partial charge in [0.2, 0.25) is 0 Å². The van der Waals surface area contributed by atoms with Gasteiger partial charge in [0.05, 0.1) is 0 Å². The summed E-state index contributed by atoms with van der Waals surface area (Å²) in [5, 5.41) is -0.0209. The molecule has 0 bridgehead atoms. The highest BCUT2D eigenvalue weighted by atomic mass is 32.1. The molecule has 0 aliphatic heterocycles. The van der Waals surface area contributed by atoms with Gasteiger partial charge in [-0.1, -0.05) is 0 Å². The second kappa shape index (κ2) is 5.09. The van der Waals surface area contributed by atoms with E-state index in [0.717, 1.165) is 0 Å². The number of hydrogen-bond donors (Lipinski definition) is 2. The zero-order valence-corrected chi connectivity index (χ0v) is 7.71. The van der Waals surface area contributed by atoms with E-state index in [1.54, 1.807) is 6.92 Å². The summed E-state index contributed by atoms with van der Waals surface area (Å²) < 4.78 is 9.64. The van der Waals surface area contributed by atoms with Crippen LogP contribution in [-0.2, 0) is 9.47 Å². The van der Waals surface area contributed by atoms with Crippen molar-refractivity contribution in [2.24, 2.45) is 11.5 Å². The molecule has 0 aromatic carbocycles. The van der Waals surface area contributed by atoms with Gasteiger partial charge in [-0.05, 0) is 31.4 Å². The Morgan fingerprint density at radius 1 is 1.36 bits per heavy atom. The Kier molecular flexibility index (Phi) is 4.80. The lowest BCUT2D eigenvalue weighted by Gasteiger charge is -2.12. The summed E-state index contributed by atoms with van der Waals surface area (Å²) in [5.74, 6) is 0. The molecule has 0 rings (SSSR count). The van der Waals surface area contributed by atoms with Gasteiger partial charge in [0, 0.05) is 0 Å². The van der Waals surface area contributed by atoms with Crippen LogP contribution in [0.25, 0.3) is 0 Å². The molecule has 0 saturated heterocycles. The minimum atomic E-state index is -0.228. The molecule has 0 aromatic rings. The van der Waals surface area contributed by atoms with E-state index in [9.17, 15) is 0 Å². The second-order valence-electron chi connectivity index (χ2n) is 1.88. The summed E-state index contributed by atoms with van der Waals surface area (Å²) >= 11 is 8.95. The summed E-state index contributed by atoms with van der Waals surface area (Å²) in [5.41, 5.74) is 10.2. The molecular formula is C5H10N2O2S2. The van der Waals surface area contributed by atoms with Crippen LogP contribution in [0.1, 0.15) is 6.92 Å². The highest BCUT2D eigenvalue weighted by molar-refractivity contribution is 7.80. The van der Waals surface area contributed by atoms with E-state index in [4.69, 9.17) is 20.9 Å². The van der Waals surface area contributed by atoms with E-state index in [1.807, 2.05) is 0 Å². The minimum absolute atomic E-state index is 0.0101. The van der Waals surface area contributed by atoms with E-state index in [-0.39, 0.29) is 23.1 Å². The molecule has 0 radical (unpaired) electrons. The third kappa shape index (κ3) is 7.27. The maximum absolute atomic E-state index is 5.09. The lowest BCUT2D eigenvalue weighted by Crippen LogP contribution is -2.26. The molecule has 0 heterocycles. The molecule has 6 heteroatoms. The third-order valence-electron chi connectivity index (χ3n) is 0.778. The topological polar surface area (TPSA) is 70.5 Å². The first-order chi connectivity index (χ1) is 5.02. The summed E-state index contributed by atoms with van der Waals surface area (Å²) in [4.78, 5) is 0. The molecule has 0 aliphatic rings. The molecule has 0 saturated carbocycles. The van der Waals surface area contributed by atoms with Gasteiger partial charge in [-0.15, -0.1) is 0 Å². The Morgan fingerprint density at radius 3 is 2.27 bits per heavy atom. The molecular weight excluding hydrogens is 184 g/mol. The average Bonchev–Trinajstić information content (AvgIpc) is 1.82. The van der Waals surface area contributed by atoms with Gasteiger partial charge in [-0.25, -0.2) is 0 Å². The van der Waals surface area contributed by atoms with Crippen LogP contribution in [0.2, 0.25) is 0 Å². The lowest BCUT2D eigenvalue weighted by molar-refractivity contribution is 0.130. The van der Waals surface area contributed by atoms with Crippen molar-refractivity contribution in [1.82, 2.24) is 0 Å². The van der Waals surface area contributed by atoms with Gasteiger partial charge in [0.15, 0.2) is 0 Å². The standard InChI is InChI=1S/C5H10N2O2S2/c1-3(9-5(7)11)2-8-4(6)10/h3H,2H2,1H3,(H2,6,10)(H2,7,11). The van der Waals surface area contributed by atoms with E-state index in [0.29, 0.717) is 0 Å². The van der Waals surface area contributed by atoms with Crippen LogP contribution < -0.4 is 11.5 Å². The van der Waals surface area contributed by atoms with Crippen molar-refractivity contribution in [2.45, 2.75) is 13.0 Å². The molecule has 4 N–H and O–H groups in total. The molecule has 1 unspecified atom stereocenters. The summed E-state index contributed by atoms with van der Waals surface area (Å²) in [6, 6.07) is 0. The highest BCUT2D eigenvalue weighted by Gasteiger charge is 2.03. The zero-order chi connectivity index (χ0) is 8.85. The lowest BCUT2D eigenvalue weighted by atomic mass is 10.4. The summed E-state index contributed by atoms with van der Waals surface area (Å²) in [6.45, 7) is 2.00. The van der Waals surface area contributed by atoms with Crippen LogP contribution in [0.3, 0.4) is 0 Å². The van der Waals surface area contributed by atoms with Crippen LogP contribution in [0, 0.1) is 0 Å². The van der Waals surface area contributed by atoms with Crippen LogP contribution >= 0.6 is 24.4 Å². The van der Waals surface area contributed by atoms with Gasteiger partial charge in [-0.3, -0.25) is 0 Å². The van der Waals surface area contributed by atoms with Crippen molar-refractivity contribution in [3.05, 3.63) is 0 Å². The number of rotatable bonds is 3. The first-order valence-electron chi connectivity index (χ1n) is 2.90. The van der Waals surface area contributed by atoms with Crippen LogP contribution in [-0.4, -0.2) is 23.1 Å². The molecule has 11 heavy (non-hydrogen) atoms. The predicted molar refractivity (Wildman–Crippen MR) is 50.1 cm³/mol. The molecule has 0 fully saturated rings. The molecule has 64 valence electrons. The van der Waals surface area contributed by atoms with Gasteiger partial charge in [0.25, 0.3) is 10.3 Å². The maximum Gasteiger partial charge on any atom is 0.254 e. The Balaban J connectivity index is 3.44. The van der Waals surface area contributed by atoms with E-state index < -0.39 is 0 Å². The van der Waals surface area contributed by atoms with Crippen molar-refractivity contribution in [3.63, 3.8) is 0 Å². The van der Waals surface area contributed by atoms with Gasteiger partial charge < -0.3 is 20.9 Å². The SMILES string of the molecule is CC(COC(N)=S)OC(N)=S. The van der Waals surface area contributed by atoms with E-state index >= 15 is 0 Å². The van der Waals surface area contributed by atoms with Crippen LogP contribution in [0.4, 0.5) is 0 Å². The largest absolute Gasteiger partial charge is 0.467 e. The maximum atomic E-state index is 5.09. The summed E-state index contributed by atoms with van der Waals surface area (Å²) in [6.07, 6.45) is -0.228. The minimum Gasteiger partial charge on any atom is -0.467 e. The molecule has 0 amide bonds. The molecule has 1 atom stereocenters. The molecule has 4 nitrogen and oxygen atoms in total. The average molecular weight is 194 g/mol. The zero-order valence-electron chi connectivity index (χ0n) is 6.07. The Labute approximate surface area is 75.8 Å². The van der Waals surface area contributed by atoms with Gasteiger partial charge >= 0.3 is 0 Å². The normalized spacial score (nSPS) is 11.7. The van der Waals surface area contributed by atoms with Gasteiger partial charge in [0.1, 0.15) is 12.7 Å². The van der Waals surface area contributed by atoms with Crippen molar-refractivity contribution in [3.8, 4) is 0 Å². The van der Waals surface area contributed by atoms with E-state index in [2.05, 4.69) is 24.4 Å². The quantitative estimate of drug-likeness (QED) is 0.611. The smallest absolute Gasteiger partial charge is 0.254 e.